The first kappa shape index (κ1) is 13.2. The van der Waals surface area contributed by atoms with Crippen LogP contribution in [-0.4, -0.2) is 5.38 Å². The molecule has 0 nitrogen and oxygen atoms in total. The number of rotatable bonds is 5. The van der Waals surface area contributed by atoms with Crippen molar-refractivity contribution in [3.05, 3.63) is 71.8 Å². The molecule has 0 aromatic heterocycles. The minimum absolute atomic E-state index is 0.232. The van der Waals surface area contributed by atoms with Crippen LogP contribution >= 0.6 is 11.6 Å². The summed E-state index contributed by atoms with van der Waals surface area (Å²) in [6.07, 6.45) is 2.00. The van der Waals surface area contributed by atoms with E-state index in [-0.39, 0.29) is 5.38 Å². The van der Waals surface area contributed by atoms with Gasteiger partial charge in [0.2, 0.25) is 0 Å². The van der Waals surface area contributed by atoms with Gasteiger partial charge < -0.3 is 0 Å². The standard InChI is InChI=1S/C17H19Cl/c1-2-16(18)13-17(14-9-5-3-6-10-14)15-11-7-4-8-12-15/h3-12,16-17H,2,13H2,1H3. The van der Waals surface area contributed by atoms with Gasteiger partial charge in [0, 0.05) is 11.3 Å². The van der Waals surface area contributed by atoms with Crippen molar-refractivity contribution in [1.82, 2.24) is 0 Å². The van der Waals surface area contributed by atoms with Crippen LogP contribution < -0.4 is 0 Å². The van der Waals surface area contributed by atoms with Crippen molar-refractivity contribution in [3.63, 3.8) is 0 Å². The third kappa shape index (κ3) is 3.36. The third-order valence-electron chi connectivity index (χ3n) is 3.34. The fourth-order valence-electron chi connectivity index (χ4n) is 2.26. The molecule has 0 aliphatic rings. The van der Waals surface area contributed by atoms with Crippen LogP contribution in [0.4, 0.5) is 0 Å². The summed E-state index contributed by atoms with van der Waals surface area (Å²) in [4.78, 5) is 0. The maximum absolute atomic E-state index is 6.36. The first-order valence-electron chi connectivity index (χ1n) is 6.55. The van der Waals surface area contributed by atoms with Gasteiger partial charge in [0.05, 0.1) is 0 Å². The monoisotopic (exact) mass is 258 g/mol. The Morgan fingerprint density at radius 3 is 1.67 bits per heavy atom. The Balaban J connectivity index is 2.29. The van der Waals surface area contributed by atoms with Gasteiger partial charge in [0.25, 0.3) is 0 Å². The zero-order chi connectivity index (χ0) is 12.8. The molecule has 0 aliphatic heterocycles. The second-order valence-corrected chi connectivity index (χ2v) is 5.23. The quantitative estimate of drug-likeness (QED) is 0.645. The summed E-state index contributed by atoms with van der Waals surface area (Å²) in [5.74, 6) is 0.398. The van der Waals surface area contributed by atoms with Gasteiger partial charge in [-0.25, -0.2) is 0 Å². The van der Waals surface area contributed by atoms with Crippen LogP contribution in [0.25, 0.3) is 0 Å². The first-order valence-corrected chi connectivity index (χ1v) is 6.99. The predicted octanol–water partition coefficient (Wildman–Crippen LogP) is 5.23. The Morgan fingerprint density at radius 2 is 1.28 bits per heavy atom. The van der Waals surface area contributed by atoms with Crippen LogP contribution in [0.15, 0.2) is 60.7 Å². The second-order valence-electron chi connectivity index (χ2n) is 4.62. The van der Waals surface area contributed by atoms with E-state index in [0.717, 1.165) is 12.8 Å². The fourth-order valence-corrected chi connectivity index (χ4v) is 2.44. The van der Waals surface area contributed by atoms with Gasteiger partial charge in [0.15, 0.2) is 0 Å². The van der Waals surface area contributed by atoms with E-state index < -0.39 is 0 Å². The summed E-state index contributed by atoms with van der Waals surface area (Å²) in [7, 11) is 0. The predicted molar refractivity (Wildman–Crippen MR) is 79.3 cm³/mol. The summed E-state index contributed by atoms with van der Waals surface area (Å²) in [6.45, 7) is 2.14. The Labute approximate surface area is 115 Å². The number of halogens is 1. The lowest BCUT2D eigenvalue weighted by molar-refractivity contribution is 0.658. The molecule has 0 aliphatic carbocycles. The number of alkyl halides is 1. The molecule has 1 atom stereocenters. The van der Waals surface area contributed by atoms with Gasteiger partial charge in [-0.2, -0.15) is 0 Å². The summed E-state index contributed by atoms with van der Waals surface area (Å²) < 4.78 is 0. The molecule has 0 amide bonds. The molecule has 1 heteroatoms. The molecule has 0 radical (unpaired) electrons. The van der Waals surface area contributed by atoms with Gasteiger partial charge >= 0.3 is 0 Å². The Hall–Kier alpha value is -1.27. The highest BCUT2D eigenvalue weighted by atomic mass is 35.5. The van der Waals surface area contributed by atoms with Gasteiger partial charge in [0.1, 0.15) is 0 Å². The number of benzene rings is 2. The lowest BCUT2D eigenvalue weighted by atomic mass is 9.87. The summed E-state index contributed by atoms with van der Waals surface area (Å²) in [6, 6.07) is 21.3. The highest BCUT2D eigenvalue weighted by molar-refractivity contribution is 6.20. The normalized spacial score (nSPS) is 12.6. The molecule has 2 aromatic carbocycles. The lowest BCUT2D eigenvalue weighted by Crippen LogP contribution is -2.08. The van der Waals surface area contributed by atoms with Crippen molar-refractivity contribution in [2.24, 2.45) is 0 Å². The van der Waals surface area contributed by atoms with Crippen LogP contribution in [0.5, 0.6) is 0 Å². The maximum atomic E-state index is 6.36. The van der Waals surface area contributed by atoms with Crippen LogP contribution in [0.2, 0.25) is 0 Å². The Morgan fingerprint density at radius 1 is 0.833 bits per heavy atom. The molecule has 0 bridgehead atoms. The van der Waals surface area contributed by atoms with E-state index >= 15 is 0 Å². The fraction of sp³-hybridized carbons (Fsp3) is 0.294. The Kier molecular flexibility index (Phi) is 4.83. The highest BCUT2D eigenvalue weighted by Crippen LogP contribution is 2.31. The molecule has 0 spiro atoms. The smallest absolute Gasteiger partial charge is 0.0342 e. The van der Waals surface area contributed by atoms with Gasteiger partial charge in [-0.05, 0) is 24.0 Å². The lowest BCUT2D eigenvalue weighted by Gasteiger charge is -2.20. The molecule has 0 fully saturated rings. The molecule has 2 aromatic rings. The minimum Gasteiger partial charge on any atom is -0.123 e. The van der Waals surface area contributed by atoms with Gasteiger partial charge in [-0.15, -0.1) is 11.6 Å². The first-order chi connectivity index (χ1) is 8.81. The van der Waals surface area contributed by atoms with E-state index in [9.17, 15) is 0 Å². The molecule has 0 saturated heterocycles. The van der Waals surface area contributed by atoms with Crippen molar-refractivity contribution in [1.29, 1.82) is 0 Å². The zero-order valence-corrected chi connectivity index (χ0v) is 11.5. The van der Waals surface area contributed by atoms with Gasteiger partial charge in [-0.1, -0.05) is 67.6 Å². The largest absolute Gasteiger partial charge is 0.123 e. The zero-order valence-electron chi connectivity index (χ0n) is 10.7. The van der Waals surface area contributed by atoms with E-state index in [2.05, 4.69) is 67.6 Å². The third-order valence-corrected chi connectivity index (χ3v) is 3.83. The molecule has 0 heterocycles. The van der Waals surface area contributed by atoms with Crippen LogP contribution in [0.1, 0.15) is 36.8 Å². The topological polar surface area (TPSA) is 0 Å². The van der Waals surface area contributed by atoms with Crippen molar-refractivity contribution in [3.8, 4) is 0 Å². The average molecular weight is 259 g/mol. The minimum atomic E-state index is 0.232. The molecular weight excluding hydrogens is 240 g/mol. The average Bonchev–Trinajstić information content (AvgIpc) is 2.46. The van der Waals surface area contributed by atoms with Crippen molar-refractivity contribution < 1.29 is 0 Å². The molecule has 0 N–H and O–H groups in total. The molecule has 1 unspecified atom stereocenters. The molecular formula is C17H19Cl. The van der Waals surface area contributed by atoms with Crippen LogP contribution in [-0.2, 0) is 0 Å². The van der Waals surface area contributed by atoms with E-state index in [4.69, 9.17) is 11.6 Å². The highest BCUT2D eigenvalue weighted by Gasteiger charge is 2.17. The van der Waals surface area contributed by atoms with E-state index in [1.807, 2.05) is 0 Å². The van der Waals surface area contributed by atoms with Crippen molar-refractivity contribution in [2.75, 3.05) is 0 Å². The summed E-state index contributed by atoms with van der Waals surface area (Å²) in [5, 5.41) is 0.232. The second kappa shape index (κ2) is 6.61. The molecule has 94 valence electrons. The van der Waals surface area contributed by atoms with E-state index in [0.29, 0.717) is 5.92 Å². The van der Waals surface area contributed by atoms with E-state index in [1.165, 1.54) is 11.1 Å². The SMILES string of the molecule is CCC(Cl)CC(c1ccccc1)c1ccccc1. The van der Waals surface area contributed by atoms with Crippen LogP contribution in [0, 0.1) is 0 Å². The molecule has 2 rings (SSSR count). The van der Waals surface area contributed by atoms with Crippen molar-refractivity contribution in [2.45, 2.75) is 31.1 Å². The van der Waals surface area contributed by atoms with Crippen LogP contribution in [0.3, 0.4) is 0 Å². The molecule has 0 saturated carbocycles. The maximum Gasteiger partial charge on any atom is 0.0342 e. The number of hydrogen-bond acceptors (Lipinski definition) is 0. The summed E-state index contributed by atoms with van der Waals surface area (Å²) in [5.41, 5.74) is 2.70. The van der Waals surface area contributed by atoms with Crippen molar-refractivity contribution >= 4 is 11.6 Å². The summed E-state index contributed by atoms with van der Waals surface area (Å²) >= 11 is 6.36. The Bertz CT molecular complexity index is 410. The number of hydrogen-bond donors (Lipinski definition) is 0. The van der Waals surface area contributed by atoms with E-state index in [1.54, 1.807) is 0 Å². The van der Waals surface area contributed by atoms with Gasteiger partial charge in [-0.3, -0.25) is 0 Å². The molecule has 18 heavy (non-hydrogen) atoms.